The number of nitrogens with one attached hydrogen (secondary N) is 1. The molecule has 0 spiro atoms. The van der Waals surface area contributed by atoms with Gasteiger partial charge in [0.05, 0.1) is 14.2 Å². The van der Waals surface area contributed by atoms with E-state index < -0.39 is 11.9 Å². The molecular formula is C16H22N2O5. The van der Waals surface area contributed by atoms with Gasteiger partial charge in [-0.15, -0.1) is 0 Å². The van der Waals surface area contributed by atoms with Gasteiger partial charge in [0.25, 0.3) is 11.8 Å². The van der Waals surface area contributed by atoms with E-state index in [-0.39, 0.29) is 5.91 Å². The van der Waals surface area contributed by atoms with Gasteiger partial charge in [0, 0.05) is 12.1 Å². The summed E-state index contributed by atoms with van der Waals surface area (Å²) in [6.07, 6.45) is 2.19. The highest BCUT2D eigenvalue weighted by atomic mass is 16.5. The lowest BCUT2D eigenvalue weighted by molar-refractivity contribution is -0.137. The molecule has 1 aliphatic heterocycles. The van der Waals surface area contributed by atoms with Crippen LogP contribution >= 0.6 is 0 Å². The van der Waals surface area contributed by atoms with Gasteiger partial charge in [-0.05, 0) is 30.5 Å². The third kappa shape index (κ3) is 3.24. The number of carbonyl (C=O) groups excluding carboxylic acids is 2. The zero-order valence-electron chi connectivity index (χ0n) is 13.6. The topological polar surface area (TPSA) is 88.1 Å². The standard InChI is InChI=1S/C16H22N2O5/c1-4-5-10-8-11(9-13(22-2)14(10)23-3)16(20)18-7-6-12(18)15(19)17-21/h8-9,12,21H,4-7H2,1-3H3,(H,17,19)/t12-/m1/s1. The van der Waals surface area contributed by atoms with Crippen LogP contribution in [0, 0.1) is 0 Å². The van der Waals surface area contributed by atoms with E-state index >= 15 is 0 Å². The number of hydrogen-bond donors (Lipinski definition) is 2. The van der Waals surface area contributed by atoms with Gasteiger partial charge >= 0.3 is 0 Å². The Kier molecular flexibility index (Phi) is 5.44. The molecular weight excluding hydrogens is 300 g/mol. The van der Waals surface area contributed by atoms with Gasteiger partial charge in [0.15, 0.2) is 11.5 Å². The number of ether oxygens (including phenoxy) is 2. The monoisotopic (exact) mass is 322 g/mol. The quantitative estimate of drug-likeness (QED) is 0.610. The molecule has 23 heavy (non-hydrogen) atoms. The lowest BCUT2D eigenvalue weighted by Gasteiger charge is -2.39. The van der Waals surface area contributed by atoms with Crippen LogP contribution in [-0.4, -0.2) is 48.7 Å². The maximum atomic E-state index is 12.6. The Morgan fingerprint density at radius 3 is 2.57 bits per heavy atom. The second-order valence-electron chi connectivity index (χ2n) is 5.40. The summed E-state index contributed by atoms with van der Waals surface area (Å²) in [7, 11) is 3.09. The summed E-state index contributed by atoms with van der Waals surface area (Å²) >= 11 is 0. The fourth-order valence-corrected chi connectivity index (χ4v) is 2.77. The largest absolute Gasteiger partial charge is 0.493 e. The summed E-state index contributed by atoms with van der Waals surface area (Å²) in [5.74, 6) is 0.284. The van der Waals surface area contributed by atoms with E-state index in [4.69, 9.17) is 14.7 Å². The number of carbonyl (C=O) groups is 2. The first-order chi connectivity index (χ1) is 11.1. The molecule has 1 fully saturated rings. The molecule has 2 amide bonds. The van der Waals surface area contributed by atoms with Crippen molar-refractivity contribution in [1.82, 2.24) is 10.4 Å². The van der Waals surface area contributed by atoms with Gasteiger partial charge in [-0.25, -0.2) is 5.48 Å². The maximum absolute atomic E-state index is 12.6. The van der Waals surface area contributed by atoms with E-state index in [1.807, 2.05) is 6.92 Å². The molecule has 1 atom stereocenters. The van der Waals surface area contributed by atoms with Gasteiger partial charge < -0.3 is 14.4 Å². The highest BCUT2D eigenvalue weighted by Gasteiger charge is 2.38. The fraction of sp³-hybridized carbons (Fsp3) is 0.500. The molecule has 7 heteroatoms. The molecule has 1 aromatic rings. The lowest BCUT2D eigenvalue weighted by Crippen LogP contribution is -2.57. The van der Waals surface area contributed by atoms with Crippen molar-refractivity contribution in [1.29, 1.82) is 0 Å². The highest BCUT2D eigenvalue weighted by Crippen LogP contribution is 2.34. The molecule has 2 N–H and O–H groups in total. The van der Waals surface area contributed by atoms with Gasteiger partial charge in [-0.1, -0.05) is 13.3 Å². The Bertz CT molecular complexity index is 602. The number of hydrogen-bond acceptors (Lipinski definition) is 5. The molecule has 0 saturated carbocycles. The Labute approximate surface area is 135 Å². The van der Waals surface area contributed by atoms with Crippen molar-refractivity contribution >= 4 is 11.8 Å². The van der Waals surface area contributed by atoms with Crippen LogP contribution in [0.1, 0.15) is 35.7 Å². The molecule has 1 heterocycles. The van der Waals surface area contributed by atoms with Crippen LogP contribution in [0.2, 0.25) is 0 Å². The first-order valence-electron chi connectivity index (χ1n) is 7.57. The van der Waals surface area contributed by atoms with Gasteiger partial charge in [0.2, 0.25) is 0 Å². The number of rotatable bonds is 6. The van der Waals surface area contributed by atoms with Crippen LogP contribution < -0.4 is 15.0 Å². The SMILES string of the molecule is CCCc1cc(C(=O)N2CC[C@@H]2C(=O)NO)cc(OC)c1OC. The smallest absolute Gasteiger partial charge is 0.266 e. The third-order valence-electron chi connectivity index (χ3n) is 4.02. The molecule has 7 nitrogen and oxygen atoms in total. The van der Waals surface area contributed by atoms with Gasteiger partial charge in [0.1, 0.15) is 6.04 Å². The van der Waals surface area contributed by atoms with Crippen LogP contribution in [0.5, 0.6) is 11.5 Å². The molecule has 0 aromatic heterocycles. The summed E-state index contributed by atoms with van der Waals surface area (Å²) in [4.78, 5) is 25.6. The zero-order chi connectivity index (χ0) is 17.0. The normalized spacial score (nSPS) is 16.5. The first kappa shape index (κ1) is 17.1. The fourth-order valence-electron chi connectivity index (χ4n) is 2.77. The van der Waals surface area contributed by atoms with Crippen molar-refractivity contribution in [2.75, 3.05) is 20.8 Å². The first-order valence-corrected chi connectivity index (χ1v) is 7.57. The zero-order valence-corrected chi connectivity index (χ0v) is 13.6. The number of methoxy groups -OCH3 is 2. The van der Waals surface area contributed by atoms with Crippen molar-refractivity contribution in [2.45, 2.75) is 32.2 Å². The molecule has 1 saturated heterocycles. The second kappa shape index (κ2) is 7.32. The number of likely N-dealkylation sites (tertiary alicyclic amines) is 1. The average molecular weight is 322 g/mol. The summed E-state index contributed by atoms with van der Waals surface area (Å²) in [6.45, 7) is 2.52. The summed E-state index contributed by atoms with van der Waals surface area (Å²) in [5.41, 5.74) is 2.93. The number of amides is 2. The Morgan fingerprint density at radius 2 is 2.09 bits per heavy atom. The Hall–Kier alpha value is -2.28. The summed E-state index contributed by atoms with van der Waals surface area (Å²) < 4.78 is 10.7. The van der Waals surface area contributed by atoms with E-state index in [0.29, 0.717) is 30.0 Å². The molecule has 0 bridgehead atoms. The predicted octanol–water partition coefficient (Wildman–Crippen LogP) is 1.38. The minimum absolute atomic E-state index is 0.261. The Morgan fingerprint density at radius 1 is 1.35 bits per heavy atom. The van der Waals surface area contributed by atoms with E-state index in [9.17, 15) is 9.59 Å². The van der Waals surface area contributed by atoms with Crippen molar-refractivity contribution in [3.8, 4) is 11.5 Å². The molecule has 2 rings (SSSR count). The van der Waals surface area contributed by atoms with Crippen LogP contribution in [-0.2, 0) is 11.2 Å². The van der Waals surface area contributed by atoms with E-state index in [2.05, 4.69) is 0 Å². The molecule has 126 valence electrons. The molecule has 1 aromatic carbocycles. The Balaban J connectivity index is 2.33. The minimum atomic E-state index is -0.629. The highest BCUT2D eigenvalue weighted by molar-refractivity contribution is 5.99. The van der Waals surface area contributed by atoms with Crippen molar-refractivity contribution in [2.24, 2.45) is 0 Å². The maximum Gasteiger partial charge on any atom is 0.266 e. The van der Waals surface area contributed by atoms with Gasteiger partial charge in [-0.2, -0.15) is 0 Å². The number of benzene rings is 1. The number of hydroxylamine groups is 1. The lowest BCUT2D eigenvalue weighted by atomic mass is 9.98. The number of nitrogens with zero attached hydrogens (tertiary/aromatic N) is 1. The summed E-state index contributed by atoms with van der Waals surface area (Å²) in [6, 6.07) is 2.77. The van der Waals surface area contributed by atoms with E-state index in [1.165, 1.54) is 12.0 Å². The van der Waals surface area contributed by atoms with Crippen molar-refractivity contribution in [3.63, 3.8) is 0 Å². The molecule has 0 unspecified atom stereocenters. The van der Waals surface area contributed by atoms with Crippen LogP contribution in [0.25, 0.3) is 0 Å². The molecule has 0 aliphatic carbocycles. The van der Waals surface area contributed by atoms with E-state index in [0.717, 1.165) is 18.4 Å². The third-order valence-corrected chi connectivity index (χ3v) is 4.02. The van der Waals surface area contributed by atoms with Crippen LogP contribution in [0.4, 0.5) is 0 Å². The van der Waals surface area contributed by atoms with Gasteiger partial charge in [-0.3, -0.25) is 14.8 Å². The molecule has 1 aliphatic rings. The minimum Gasteiger partial charge on any atom is -0.493 e. The van der Waals surface area contributed by atoms with Crippen molar-refractivity contribution in [3.05, 3.63) is 23.3 Å². The predicted molar refractivity (Wildman–Crippen MR) is 82.9 cm³/mol. The second-order valence-corrected chi connectivity index (χ2v) is 5.40. The number of aryl methyl sites for hydroxylation is 1. The van der Waals surface area contributed by atoms with Crippen molar-refractivity contribution < 1.29 is 24.3 Å². The van der Waals surface area contributed by atoms with Crippen LogP contribution in [0.3, 0.4) is 0 Å². The molecule has 0 radical (unpaired) electrons. The average Bonchev–Trinajstić information content (AvgIpc) is 2.52. The summed E-state index contributed by atoms with van der Waals surface area (Å²) in [5, 5.41) is 8.73. The van der Waals surface area contributed by atoms with Crippen LogP contribution in [0.15, 0.2) is 12.1 Å². The van der Waals surface area contributed by atoms with E-state index in [1.54, 1.807) is 24.7 Å².